The molecule has 37 heavy (non-hydrogen) atoms. The lowest BCUT2D eigenvalue weighted by molar-refractivity contribution is -0.130. The number of aliphatic hydroxyl groups is 1. The van der Waals surface area contributed by atoms with Crippen molar-refractivity contribution >= 4 is 11.7 Å². The predicted octanol–water partition coefficient (Wildman–Crippen LogP) is 4.92. The molecule has 1 aromatic carbocycles. The van der Waals surface area contributed by atoms with Gasteiger partial charge in [-0.25, -0.2) is 13.8 Å². The van der Waals surface area contributed by atoms with Crippen molar-refractivity contribution in [2.45, 2.75) is 96.9 Å². The van der Waals surface area contributed by atoms with E-state index in [1.165, 1.54) is 18.3 Å². The van der Waals surface area contributed by atoms with E-state index in [1.807, 2.05) is 25.7 Å². The second-order valence-corrected chi connectivity index (χ2v) is 10.7. The fraction of sp³-hybridized carbons (Fsp3) is 0.607. The molecule has 1 aliphatic rings. The molecule has 1 unspecified atom stereocenters. The van der Waals surface area contributed by atoms with Crippen molar-refractivity contribution in [2.24, 2.45) is 5.92 Å². The van der Waals surface area contributed by atoms with E-state index in [1.54, 1.807) is 0 Å². The molecule has 2 heterocycles. The molecule has 0 bridgehead atoms. The van der Waals surface area contributed by atoms with Gasteiger partial charge in [0.1, 0.15) is 23.7 Å². The fourth-order valence-electron chi connectivity index (χ4n) is 4.84. The number of hydrogen-bond acceptors (Lipinski definition) is 5. The molecular formula is C28H40F2N4O3. The highest BCUT2D eigenvalue weighted by Gasteiger charge is 2.31. The quantitative estimate of drug-likeness (QED) is 0.370. The molecule has 4 atom stereocenters. The van der Waals surface area contributed by atoms with E-state index >= 15 is 0 Å². The van der Waals surface area contributed by atoms with Crippen molar-refractivity contribution in [3.05, 3.63) is 41.9 Å². The molecule has 1 amide bonds. The van der Waals surface area contributed by atoms with Gasteiger partial charge < -0.3 is 15.4 Å². The predicted molar refractivity (Wildman–Crippen MR) is 139 cm³/mol. The van der Waals surface area contributed by atoms with E-state index in [9.17, 15) is 23.5 Å². The van der Waals surface area contributed by atoms with Crippen molar-refractivity contribution in [3.8, 4) is 11.3 Å². The molecule has 1 saturated heterocycles. The van der Waals surface area contributed by atoms with E-state index in [0.29, 0.717) is 30.3 Å². The molecule has 9 heteroatoms. The summed E-state index contributed by atoms with van der Waals surface area (Å²) in [6.45, 7) is 8.72. The summed E-state index contributed by atoms with van der Waals surface area (Å²) in [6.07, 6.45) is 4.95. The number of piperidine rings is 1. The number of benzene rings is 1. The van der Waals surface area contributed by atoms with Crippen molar-refractivity contribution in [2.75, 3.05) is 6.54 Å². The molecule has 1 fully saturated rings. The Balaban J connectivity index is 1.70. The first-order valence-corrected chi connectivity index (χ1v) is 13.3. The maximum absolute atomic E-state index is 14.2. The molecular weight excluding hydrogens is 478 g/mol. The van der Waals surface area contributed by atoms with Crippen molar-refractivity contribution in [1.82, 2.24) is 20.2 Å². The molecule has 3 N–H and O–H groups in total. The fourth-order valence-corrected chi connectivity index (χ4v) is 4.84. The number of carbonyl (C=O) groups is 2. The molecule has 0 saturated carbocycles. The monoisotopic (exact) mass is 518 g/mol. The summed E-state index contributed by atoms with van der Waals surface area (Å²) in [4.78, 5) is 35.3. The van der Waals surface area contributed by atoms with Crippen LogP contribution in [0.1, 0.15) is 84.4 Å². The number of imidazole rings is 1. The van der Waals surface area contributed by atoms with Gasteiger partial charge in [-0.3, -0.25) is 14.5 Å². The molecule has 1 aromatic heterocycles. The molecule has 0 aliphatic carbocycles. The zero-order valence-corrected chi connectivity index (χ0v) is 22.3. The number of aliphatic hydroxyl groups excluding tert-OH is 1. The number of ketones is 1. The summed E-state index contributed by atoms with van der Waals surface area (Å²) in [6, 6.07) is 2.71. The highest BCUT2D eigenvalue weighted by Crippen LogP contribution is 2.26. The third-order valence-corrected chi connectivity index (χ3v) is 7.15. The van der Waals surface area contributed by atoms with Crippen molar-refractivity contribution in [3.63, 3.8) is 0 Å². The van der Waals surface area contributed by atoms with Gasteiger partial charge in [-0.2, -0.15) is 0 Å². The second-order valence-electron chi connectivity index (χ2n) is 10.7. The summed E-state index contributed by atoms with van der Waals surface area (Å²) < 4.78 is 27.5. The molecule has 0 radical (unpaired) electrons. The minimum absolute atomic E-state index is 0.0796. The molecule has 204 valence electrons. The normalized spacial score (nSPS) is 19.0. The number of aromatic amines is 1. The Bertz CT molecular complexity index is 1060. The Kier molecular flexibility index (Phi) is 10.3. The van der Waals surface area contributed by atoms with Crippen LogP contribution in [0.3, 0.4) is 0 Å². The number of aromatic nitrogens is 2. The number of nitrogens with one attached hydrogen (secondary N) is 2. The number of H-pyrrole nitrogens is 1. The number of Topliss-reactive ketones (excluding diaryl/α,β-unsaturated/α-hetero) is 1. The first kappa shape index (κ1) is 28.9. The molecule has 0 spiro atoms. The van der Waals surface area contributed by atoms with Gasteiger partial charge in [0.05, 0.1) is 17.9 Å². The van der Waals surface area contributed by atoms with Crippen LogP contribution in [-0.2, 0) is 9.59 Å². The lowest BCUT2D eigenvalue weighted by Gasteiger charge is -2.38. The van der Waals surface area contributed by atoms with E-state index in [4.69, 9.17) is 0 Å². The van der Waals surface area contributed by atoms with Gasteiger partial charge in [-0.15, -0.1) is 0 Å². The van der Waals surface area contributed by atoms with Gasteiger partial charge in [0.25, 0.3) is 0 Å². The zero-order chi connectivity index (χ0) is 27.1. The largest absolute Gasteiger partial charge is 0.378 e. The Morgan fingerprint density at radius 2 is 2.00 bits per heavy atom. The summed E-state index contributed by atoms with van der Waals surface area (Å²) in [7, 11) is 0. The lowest BCUT2D eigenvalue weighted by Crippen LogP contribution is -2.50. The van der Waals surface area contributed by atoms with Crippen molar-refractivity contribution in [1.29, 1.82) is 0 Å². The molecule has 1 aliphatic heterocycles. The van der Waals surface area contributed by atoms with Gasteiger partial charge in [0, 0.05) is 49.4 Å². The second kappa shape index (κ2) is 13.2. The smallest absolute Gasteiger partial charge is 0.220 e. The number of carbonyl (C=O) groups excluding carboxylic acids is 2. The minimum Gasteiger partial charge on any atom is -0.378 e. The van der Waals surface area contributed by atoms with Crippen LogP contribution in [-0.4, -0.2) is 56.5 Å². The maximum Gasteiger partial charge on any atom is 0.220 e. The van der Waals surface area contributed by atoms with Crippen LogP contribution in [0.5, 0.6) is 0 Å². The number of nitrogens with zero attached hydrogens (tertiary/aromatic N) is 2. The Morgan fingerprint density at radius 1 is 1.24 bits per heavy atom. The molecule has 2 aromatic rings. The lowest BCUT2D eigenvalue weighted by atomic mass is 9.95. The van der Waals surface area contributed by atoms with Crippen LogP contribution in [0, 0.1) is 17.6 Å². The zero-order valence-electron chi connectivity index (χ0n) is 22.3. The van der Waals surface area contributed by atoms with E-state index in [-0.39, 0.29) is 42.1 Å². The van der Waals surface area contributed by atoms with Crippen LogP contribution in [0.15, 0.2) is 24.4 Å². The van der Waals surface area contributed by atoms with Gasteiger partial charge in [0.15, 0.2) is 5.78 Å². The number of rotatable bonds is 12. The van der Waals surface area contributed by atoms with Crippen LogP contribution in [0.4, 0.5) is 8.78 Å². The average Bonchev–Trinajstić information content (AvgIpc) is 3.32. The Morgan fingerprint density at radius 3 is 2.68 bits per heavy atom. The van der Waals surface area contributed by atoms with Crippen LogP contribution in [0.25, 0.3) is 11.3 Å². The average molecular weight is 519 g/mol. The maximum atomic E-state index is 14.2. The summed E-state index contributed by atoms with van der Waals surface area (Å²) >= 11 is 0. The van der Waals surface area contributed by atoms with Crippen LogP contribution >= 0.6 is 0 Å². The third kappa shape index (κ3) is 8.17. The number of hydrogen-bond donors (Lipinski definition) is 3. The standard InChI is InChI=1S/C28H40F2N4O3/c1-17(2)8-11-26(36)32-23(15-27(37)34-12-6-5-7-19(34)4)25(35)13-18(3)28-31-16-24(33-28)21-10-9-20(29)14-22(21)30/h9-10,14,16-19,23,27,37H,5-8,11-13,15H2,1-4H3,(H,31,33)(H,32,36)/t18-,19+,23+,27?/m1/s1. The summed E-state index contributed by atoms with van der Waals surface area (Å²) in [5, 5.41) is 13.8. The summed E-state index contributed by atoms with van der Waals surface area (Å²) in [5.74, 6) is -1.26. The number of likely N-dealkylation sites (tertiary alicyclic amines) is 1. The van der Waals surface area contributed by atoms with Gasteiger partial charge in [-0.05, 0) is 44.2 Å². The topological polar surface area (TPSA) is 98.3 Å². The number of halogens is 2. The Labute approximate surface area is 218 Å². The van der Waals surface area contributed by atoms with Crippen molar-refractivity contribution < 1.29 is 23.5 Å². The Hall–Kier alpha value is -2.65. The molecule has 7 nitrogen and oxygen atoms in total. The van der Waals surface area contributed by atoms with Gasteiger partial charge in [-0.1, -0.05) is 27.2 Å². The molecule has 3 rings (SSSR count). The van der Waals surface area contributed by atoms with Gasteiger partial charge in [0.2, 0.25) is 5.91 Å². The highest BCUT2D eigenvalue weighted by atomic mass is 19.1. The third-order valence-electron chi connectivity index (χ3n) is 7.15. The van der Waals surface area contributed by atoms with Crippen LogP contribution < -0.4 is 5.32 Å². The SMILES string of the molecule is CC(C)CCC(=O)N[C@@H](CC(O)N1CCCC[C@@H]1C)C(=O)C[C@@H](C)c1ncc(-c2ccc(F)cc2F)[nH]1. The van der Waals surface area contributed by atoms with E-state index in [2.05, 4.69) is 22.2 Å². The first-order valence-electron chi connectivity index (χ1n) is 13.3. The summed E-state index contributed by atoms with van der Waals surface area (Å²) in [5.41, 5.74) is 0.576. The van der Waals surface area contributed by atoms with E-state index < -0.39 is 23.9 Å². The minimum atomic E-state index is -0.832. The van der Waals surface area contributed by atoms with Crippen LogP contribution in [0.2, 0.25) is 0 Å². The number of amides is 1. The van der Waals surface area contributed by atoms with E-state index in [0.717, 1.165) is 31.9 Å². The van der Waals surface area contributed by atoms with Gasteiger partial charge >= 0.3 is 0 Å². The highest BCUT2D eigenvalue weighted by molar-refractivity contribution is 5.89. The first-order chi connectivity index (χ1) is 17.5.